The number of allylic oxidation sites excluding steroid dienone is 1. The van der Waals surface area contributed by atoms with Crippen LogP contribution in [0.5, 0.6) is 0 Å². The van der Waals surface area contributed by atoms with E-state index in [9.17, 15) is 9.90 Å². The number of carbonyl (C=O) groups excluding carboxylic acids is 1. The van der Waals surface area contributed by atoms with Crippen LogP contribution < -0.4 is 34.7 Å². The fraction of sp³-hybridized carbons (Fsp3) is 0.0833. The largest absolute Gasteiger partial charge is 1.00 e. The van der Waals surface area contributed by atoms with Gasteiger partial charge in [-0.3, -0.25) is 0 Å². The Bertz CT molecular complexity index is 364. The van der Waals surface area contributed by atoms with Crippen molar-refractivity contribution in [1.29, 1.82) is 0 Å². The summed E-state index contributed by atoms with van der Waals surface area (Å²) < 4.78 is 0. The molecule has 0 spiro atoms. The van der Waals surface area contributed by atoms with Crippen molar-refractivity contribution >= 4 is 18.1 Å². The Balaban J connectivity index is 0.00000196. The van der Waals surface area contributed by atoms with Gasteiger partial charge in [0.25, 0.3) is 0 Å². The number of hydrogen-bond donors (Lipinski definition) is 0. The van der Waals surface area contributed by atoms with Gasteiger partial charge in [-0.05, 0) is 24.1 Å². The Kier molecular flexibility index (Phi) is 7.05. The molecular formula is C12H11NaO2. The standard InChI is InChI=1S/C12H12O2.Na/c1-2-3-10-4-6-11(7-5-10)8-9-12(13)14;/h2-9H,1H3,(H,13,14);/q;+1/p-1. The Morgan fingerprint density at radius 2 is 1.60 bits per heavy atom. The number of aliphatic carboxylic acids is 1. The average Bonchev–Trinajstić information content (AvgIpc) is 2.17. The zero-order chi connectivity index (χ0) is 10.4. The number of hydrogen-bond acceptors (Lipinski definition) is 2. The molecule has 1 rings (SSSR count). The van der Waals surface area contributed by atoms with Crippen LogP contribution in [0.4, 0.5) is 0 Å². The van der Waals surface area contributed by atoms with E-state index in [0.29, 0.717) is 0 Å². The summed E-state index contributed by atoms with van der Waals surface area (Å²) in [7, 11) is 0. The van der Waals surface area contributed by atoms with Crippen LogP contribution in [0.25, 0.3) is 12.2 Å². The van der Waals surface area contributed by atoms with E-state index in [1.54, 1.807) is 0 Å². The number of benzene rings is 1. The maximum absolute atomic E-state index is 10.1. The van der Waals surface area contributed by atoms with E-state index < -0.39 is 5.97 Å². The van der Waals surface area contributed by atoms with Crippen LogP contribution in [0.15, 0.2) is 36.4 Å². The van der Waals surface area contributed by atoms with Gasteiger partial charge in [0.15, 0.2) is 0 Å². The second kappa shape index (κ2) is 7.46. The van der Waals surface area contributed by atoms with Crippen molar-refractivity contribution in [3.05, 3.63) is 47.5 Å². The molecule has 0 bridgehead atoms. The third-order valence-corrected chi connectivity index (χ3v) is 1.71. The molecule has 0 N–H and O–H groups in total. The second-order valence-electron chi connectivity index (χ2n) is 2.82. The molecule has 0 fully saturated rings. The third-order valence-electron chi connectivity index (χ3n) is 1.71. The molecule has 0 heterocycles. The first kappa shape index (κ1) is 14.2. The van der Waals surface area contributed by atoms with Crippen LogP contribution in [0.1, 0.15) is 18.1 Å². The fourth-order valence-corrected chi connectivity index (χ4v) is 1.07. The molecule has 1 aromatic rings. The molecule has 0 aliphatic heterocycles. The molecule has 0 atom stereocenters. The van der Waals surface area contributed by atoms with Crippen molar-refractivity contribution in [3.8, 4) is 0 Å². The minimum atomic E-state index is -1.18. The van der Waals surface area contributed by atoms with Gasteiger partial charge in [-0.1, -0.05) is 42.5 Å². The fourth-order valence-electron chi connectivity index (χ4n) is 1.07. The zero-order valence-corrected chi connectivity index (χ0v) is 10.9. The molecule has 0 aliphatic carbocycles. The molecule has 2 nitrogen and oxygen atoms in total. The van der Waals surface area contributed by atoms with E-state index in [-0.39, 0.29) is 29.6 Å². The molecule has 0 saturated heterocycles. The third kappa shape index (κ3) is 5.57. The van der Waals surface area contributed by atoms with E-state index >= 15 is 0 Å². The van der Waals surface area contributed by atoms with Gasteiger partial charge in [-0.25, -0.2) is 0 Å². The van der Waals surface area contributed by atoms with Gasteiger partial charge in [-0.15, -0.1) is 0 Å². The summed E-state index contributed by atoms with van der Waals surface area (Å²) in [5, 5.41) is 10.1. The van der Waals surface area contributed by atoms with Crippen molar-refractivity contribution < 1.29 is 39.5 Å². The Morgan fingerprint density at radius 3 is 2.00 bits per heavy atom. The monoisotopic (exact) mass is 210 g/mol. The molecular weight excluding hydrogens is 199 g/mol. The molecule has 1 aromatic carbocycles. The predicted octanol–water partition coefficient (Wildman–Crippen LogP) is -1.51. The summed E-state index contributed by atoms with van der Waals surface area (Å²) in [6.45, 7) is 1.95. The maximum Gasteiger partial charge on any atom is 1.00 e. The smallest absolute Gasteiger partial charge is 0.545 e. The predicted molar refractivity (Wildman–Crippen MR) is 55.2 cm³/mol. The van der Waals surface area contributed by atoms with Gasteiger partial charge < -0.3 is 9.90 Å². The summed E-state index contributed by atoms with van der Waals surface area (Å²) in [6.07, 6.45) is 6.46. The van der Waals surface area contributed by atoms with E-state index in [1.807, 2.05) is 43.3 Å². The number of rotatable bonds is 3. The van der Waals surface area contributed by atoms with Crippen molar-refractivity contribution in [1.82, 2.24) is 0 Å². The molecule has 0 aromatic heterocycles. The molecule has 15 heavy (non-hydrogen) atoms. The van der Waals surface area contributed by atoms with Crippen LogP contribution in [0.2, 0.25) is 0 Å². The van der Waals surface area contributed by atoms with Crippen LogP contribution in [0, 0.1) is 0 Å². The summed E-state index contributed by atoms with van der Waals surface area (Å²) in [4.78, 5) is 10.1. The van der Waals surface area contributed by atoms with Gasteiger partial charge in [0.1, 0.15) is 0 Å². The van der Waals surface area contributed by atoms with Crippen LogP contribution >= 0.6 is 0 Å². The first-order chi connectivity index (χ1) is 6.72. The average molecular weight is 210 g/mol. The number of carbonyl (C=O) groups is 1. The van der Waals surface area contributed by atoms with Gasteiger partial charge in [-0.2, -0.15) is 0 Å². The minimum Gasteiger partial charge on any atom is -0.545 e. The quantitative estimate of drug-likeness (QED) is 0.449. The molecule has 0 unspecified atom stereocenters. The Morgan fingerprint density at radius 1 is 1.13 bits per heavy atom. The van der Waals surface area contributed by atoms with E-state index in [2.05, 4.69) is 0 Å². The topological polar surface area (TPSA) is 40.1 Å². The normalized spacial score (nSPS) is 10.5. The number of carboxylic acids is 1. The molecule has 72 valence electrons. The Hall–Kier alpha value is -0.830. The summed E-state index contributed by atoms with van der Waals surface area (Å²) in [6, 6.07) is 7.56. The van der Waals surface area contributed by atoms with Crippen molar-refractivity contribution in [2.24, 2.45) is 0 Å². The van der Waals surface area contributed by atoms with Crippen LogP contribution in [0.3, 0.4) is 0 Å². The first-order valence-corrected chi connectivity index (χ1v) is 4.34. The molecule has 3 heteroatoms. The minimum absolute atomic E-state index is 0. The molecule has 0 aliphatic rings. The van der Waals surface area contributed by atoms with Crippen molar-refractivity contribution in [2.45, 2.75) is 6.92 Å². The van der Waals surface area contributed by atoms with E-state index in [4.69, 9.17) is 0 Å². The SMILES string of the molecule is CC=Cc1ccc(C=CC(=O)[O-])cc1.[Na+]. The van der Waals surface area contributed by atoms with Crippen LogP contribution in [-0.4, -0.2) is 5.97 Å². The molecule has 0 saturated carbocycles. The summed E-state index contributed by atoms with van der Waals surface area (Å²) in [5.74, 6) is -1.18. The van der Waals surface area contributed by atoms with Crippen LogP contribution in [-0.2, 0) is 4.79 Å². The van der Waals surface area contributed by atoms with E-state index in [0.717, 1.165) is 17.2 Å². The summed E-state index contributed by atoms with van der Waals surface area (Å²) >= 11 is 0. The first-order valence-electron chi connectivity index (χ1n) is 4.34. The van der Waals surface area contributed by atoms with Crippen molar-refractivity contribution in [2.75, 3.05) is 0 Å². The molecule has 0 amide bonds. The molecule has 0 radical (unpaired) electrons. The van der Waals surface area contributed by atoms with Gasteiger partial charge in [0, 0.05) is 0 Å². The second-order valence-corrected chi connectivity index (χ2v) is 2.82. The van der Waals surface area contributed by atoms with Gasteiger partial charge >= 0.3 is 29.6 Å². The Labute approximate surface area is 112 Å². The van der Waals surface area contributed by atoms with E-state index in [1.165, 1.54) is 6.08 Å². The van der Waals surface area contributed by atoms with Gasteiger partial charge in [0.05, 0.1) is 5.97 Å². The van der Waals surface area contributed by atoms with Crippen molar-refractivity contribution in [3.63, 3.8) is 0 Å². The zero-order valence-electron chi connectivity index (χ0n) is 8.94. The van der Waals surface area contributed by atoms with Gasteiger partial charge in [0.2, 0.25) is 0 Å². The maximum atomic E-state index is 10.1. The summed E-state index contributed by atoms with van der Waals surface area (Å²) in [5.41, 5.74) is 1.94. The number of carboxylic acid groups (broad SMARTS) is 1.